The molecular formula is C17H26N2O6S2. The van der Waals surface area contributed by atoms with Crippen molar-refractivity contribution < 1.29 is 27.5 Å². The van der Waals surface area contributed by atoms with Crippen LogP contribution in [-0.2, 0) is 29.0 Å². The zero-order valence-corrected chi connectivity index (χ0v) is 17.6. The summed E-state index contributed by atoms with van der Waals surface area (Å²) in [5, 5.41) is 2.12. The van der Waals surface area contributed by atoms with Gasteiger partial charge in [0.1, 0.15) is 11.5 Å². The molecule has 0 aromatic carbocycles. The molecule has 2 aliphatic heterocycles. The number of hydrogen-bond donors (Lipinski definition) is 1. The number of nitrogens with zero attached hydrogens (tertiary/aromatic N) is 1. The number of esters is 1. The van der Waals surface area contributed by atoms with E-state index in [0.717, 1.165) is 24.6 Å². The highest BCUT2D eigenvalue weighted by Crippen LogP contribution is 2.39. The van der Waals surface area contributed by atoms with Crippen LogP contribution in [0.2, 0.25) is 0 Å². The molecule has 0 aromatic heterocycles. The number of sulfone groups is 1. The van der Waals surface area contributed by atoms with Gasteiger partial charge in [0.25, 0.3) is 5.91 Å². The van der Waals surface area contributed by atoms with Gasteiger partial charge in [0.15, 0.2) is 15.0 Å². The van der Waals surface area contributed by atoms with Crippen LogP contribution in [0.1, 0.15) is 47.0 Å². The van der Waals surface area contributed by atoms with Gasteiger partial charge in [-0.2, -0.15) is 4.99 Å². The maximum Gasteiger partial charge on any atom is 0.302 e. The van der Waals surface area contributed by atoms with Crippen molar-refractivity contribution in [2.45, 2.75) is 58.3 Å². The summed E-state index contributed by atoms with van der Waals surface area (Å²) < 4.78 is 28.9. The molecule has 4 unspecified atom stereocenters. The smallest absolute Gasteiger partial charge is 0.302 e. The fourth-order valence-electron chi connectivity index (χ4n) is 3.72. The van der Waals surface area contributed by atoms with Crippen LogP contribution < -0.4 is 5.32 Å². The van der Waals surface area contributed by atoms with Crippen molar-refractivity contribution in [3.8, 4) is 0 Å². The molecule has 1 fully saturated rings. The van der Waals surface area contributed by atoms with Crippen molar-refractivity contribution in [3.63, 3.8) is 0 Å². The molecule has 152 valence electrons. The summed E-state index contributed by atoms with van der Waals surface area (Å²) in [5.41, 5.74) is -1.20. The number of carbonyl (C=O) groups is 3. The number of amides is 2. The summed E-state index contributed by atoms with van der Waals surface area (Å²) in [6, 6.07) is 0. The highest BCUT2D eigenvalue weighted by molar-refractivity contribution is 8.15. The molecule has 1 saturated heterocycles. The molecule has 0 aromatic rings. The monoisotopic (exact) mass is 418 g/mol. The Morgan fingerprint density at radius 2 is 2.04 bits per heavy atom. The van der Waals surface area contributed by atoms with Gasteiger partial charge >= 0.3 is 5.97 Å². The van der Waals surface area contributed by atoms with E-state index < -0.39 is 44.4 Å². The lowest BCUT2D eigenvalue weighted by atomic mass is 9.70. The molecule has 0 saturated carbocycles. The van der Waals surface area contributed by atoms with E-state index in [-0.39, 0.29) is 22.6 Å². The number of amidine groups is 1. The van der Waals surface area contributed by atoms with Crippen LogP contribution in [0.5, 0.6) is 0 Å². The van der Waals surface area contributed by atoms with Gasteiger partial charge in [-0.3, -0.25) is 14.4 Å². The molecule has 0 aliphatic carbocycles. The second-order valence-electron chi connectivity index (χ2n) is 7.07. The third kappa shape index (κ3) is 4.53. The fourth-order valence-corrected chi connectivity index (χ4v) is 7.26. The number of rotatable bonds is 6. The molecule has 0 spiro atoms. The minimum absolute atomic E-state index is 0.0667. The maximum atomic E-state index is 12.8. The van der Waals surface area contributed by atoms with Crippen LogP contribution in [0, 0.1) is 11.3 Å². The summed E-state index contributed by atoms with van der Waals surface area (Å²) in [6.45, 7) is 6.86. The first kappa shape index (κ1) is 21.9. The lowest BCUT2D eigenvalue weighted by Gasteiger charge is -2.36. The number of carbonyl (C=O) groups excluding carboxylic acids is 3. The molecule has 2 heterocycles. The topological polar surface area (TPSA) is 119 Å². The highest BCUT2D eigenvalue weighted by atomic mass is 32.2. The summed E-state index contributed by atoms with van der Waals surface area (Å²) in [5.74, 6) is -2.11. The Hall–Kier alpha value is -1.42. The molecule has 27 heavy (non-hydrogen) atoms. The first-order valence-electron chi connectivity index (χ1n) is 9.04. The zero-order chi connectivity index (χ0) is 20.4. The van der Waals surface area contributed by atoms with Crippen LogP contribution in [-0.4, -0.2) is 54.2 Å². The highest BCUT2D eigenvalue weighted by Gasteiger charge is 2.52. The van der Waals surface area contributed by atoms with Gasteiger partial charge in [-0.15, -0.1) is 0 Å². The van der Waals surface area contributed by atoms with E-state index in [4.69, 9.17) is 4.74 Å². The number of ether oxygens (including phenoxy) is 1. The zero-order valence-electron chi connectivity index (χ0n) is 16.0. The minimum atomic E-state index is -3.37. The lowest BCUT2D eigenvalue weighted by Crippen LogP contribution is -2.55. The number of nitrogens with one attached hydrogen (secondary N) is 1. The predicted octanol–water partition coefficient (Wildman–Crippen LogP) is 1.29. The van der Waals surface area contributed by atoms with Crippen molar-refractivity contribution in [2.75, 3.05) is 11.5 Å². The second kappa shape index (κ2) is 8.30. The molecule has 2 amide bonds. The van der Waals surface area contributed by atoms with Crippen molar-refractivity contribution >= 4 is 44.6 Å². The van der Waals surface area contributed by atoms with Crippen molar-refractivity contribution in [1.82, 2.24) is 5.32 Å². The molecule has 2 rings (SSSR count). The van der Waals surface area contributed by atoms with Crippen LogP contribution in [0.3, 0.4) is 0 Å². The van der Waals surface area contributed by atoms with Gasteiger partial charge in [-0.1, -0.05) is 39.0 Å². The lowest BCUT2D eigenvalue weighted by molar-refractivity contribution is -0.146. The Morgan fingerprint density at radius 1 is 1.37 bits per heavy atom. The molecule has 8 nitrogen and oxygen atoms in total. The van der Waals surface area contributed by atoms with Gasteiger partial charge in [0.2, 0.25) is 5.91 Å². The van der Waals surface area contributed by atoms with Crippen molar-refractivity contribution in [2.24, 2.45) is 16.3 Å². The summed E-state index contributed by atoms with van der Waals surface area (Å²) >= 11 is 0.965. The second-order valence-corrected chi connectivity index (χ2v) is 10.5. The Labute approximate surface area is 163 Å². The summed E-state index contributed by atoms with van der Waals surface area (Å²) in [7, 11) is -3.37. The normalized spacial score (nSPS) is 31.2. The first-order valence-corrected chi connectivity index (χ1v) is 11.7. The Kier molecular flexibility index (Phi) is 6.72. The average Bonchev–Trinajstić information content (AvgIpc) is 2.80. The minimum Gasteiger partial charge on any atom is -0.460 e. The summed E-state index contributed by atoms with van der Waals surface area (Å²) in [6.07, 6.45) is 1.08. The van der Waals surface area contributed by atoms with Gasteiger partial charge in [-0.05, 0) is 18.8 Å². The van der Waals surface area contributed by atoms with Crippen LogP contribution in [0.25, 0.3) is 0 Å². The first-order chi connectivity index (χ1) is 12.6. The SMILES string of the molecule is CCCC(C)C1(CC)C(=O)N=C(SC2CS(=O)(=O)CC2OC(C)=O)NC1=O. The third-order valence-electron chi connectivity index (χ3n) is 5.16. The average molecular weight is 419 g/mol. The maximum absolute atomic E-state index is 12.8. The quantitative estimate of drug-likeness (QED) is 0.510. The van der Waals surface area contributed by atoms with Gasteiger partial charge in [-0.25, -0.2) is 8.42 Å². The number of hydrogen-bond acceptors (Lipinski definition) is 7. The molecule has 4 atom stereocenters. The van der Waals surface area contributed by atoms with E-state index in [1.807, 2.05) is 13.8 Å². The van der Waals surface area contributed by atoms with Gasteiger partial charge in [0.05, 0.1) is 16.8 Å². The van der Waals surface area contributed by atoms with E-state index in [2.05, 4.69) is 10.3 Å². The van der Waals surface area contributed by atoms with E-state index in [9.17, 15) is 22.8 Å². The standard InChI is InChI=1S/C17H26N2O6S2/c1-5-7-10(3)17(6-2)14(21)18-16(19-15(17)22)26-13-9-27(23,24)8-12(13)25-11(4)20/h10,12-13H,5-9H2,1-4H3,(H,18,19,21,22). The van der Waals surface area contributed by atoms with Crippen LogP contribution in [0.15, 0.2) is 4.99 Å². The molecular weight excluding hydrogens is 392 g/mol. The molecule has 10 heteroatoms. The molecule has 0 bridgehead atoms. The number of thioether (sulfide) groups is 1. The van der Waals surface area contributed by atoms with Crippen LogP contribution in [0.4, 0.5) is 0 Å². The Balaban J connectivity index is 2.23. The third-order valence-corrected chi connectivity index (χ3v) is 8.27. The van der Waals surface area contributed by atoms with Gasteiger partial charge in [0, 0.05) is 6.92 Å². The van der Waals surface area contributed by atoms with Crippen molar-refractivity contribution in [3.05, 3.63) is 0 Å². The van der Waals surface area contributed by atoms with E-state index >= 15 is 0 Å². The van der Waals surface area contributed by atoms with E-state index in [1.165, 1.54) is 6.92 Å². The van der Waals surface area contributed by atoms with E-state index in [0.29, 0.717) is 6.42 Å². The van der Waals surface area contributed by atoms with Gasteiger partial charge < -0.3 is 10.1 Å². The Morgan fingerprint density at radius 3 is 2.56 bits per heavy atom. The summed E-state index contributed by atoms with van der Waals surface area (Å²) in [4.78, 5) is 40.9. The molecule has 1 N–H and O–H groups in total. The van der Waals surface area contributed by atoms with Crippen LogP contribution >= 0.6 is 11.8 Å². The van der Waals surface area contributed by atoms with E-state index in [1.54, 1.807) is 6.92 Å². The molecule has 0 radical (unpaired) electrons. The largest absolute Gasteiger partial charge is 0.460 e. The Bertz CT molecular complexity index is 763. The van der Waals surface area contributed by atoms with Crippen molar-refractivity contribution in [1.29, 1.82) is 0 Å². The fraction of sp³-hybridized carbons (Fsp3) is 0.765. The molecule has 2 aliphatic rings. The number of aliphatic imine (C=N–C) groups is 1. The predicted molar refractivity (Wildman–Crippen MR) is 103 cm³/mol.